The Morgan fingerprint density at radius 2 is 2.07 bits per heavy atom. The van der Waals surface area contributed by atoms with Crippen molar-refractivity contribution >= 4 is 28.9 Å². The summed E-state index contributed by atoms with van der Waals surface area (Å²) >= 11 is 1.57. The first kappa shape index (κ1) is 19.8. The highest BCUT2D eigenvalue weighted by Gasteiger charge is 2.26. The highest BCUT2D eigenvalue weighted by Crippen LogP contribution is 2.31. The number of hydrogen-bond acceptors (Lipinski definition) is 6. The molecule has 2 N–H and O–H groups in total. The number of piperidine rings is 1. The van der Waals surface area contributed by atoms with Gasteiger partial charge in [0.05, 0.1) is 6.54 Å². The van der Waals surface area contributed by atoms with E-state index < -0.39 is 0 Å². The summed E-state index contributed by atoms with van der Waals surface area (Å²) in [4.78, 5) is 24.7. The second kappa shape index (κ2) is 7.56. The van der Waals surface area contributed by atoms with E-state index in [4.69, 9.17) is 15.7 Å². The van der Waals surface area contributed by atoms with Crippen molar-refractivity contribution in [3.63, 3.8) is 0 Å². The standard InChI is InChI=1S/C19H28N6OS/c1-6-7-11-25-14-15(21-17(25)24-10-8-9-13(20)12-24)22-18(23(5)16(14)26)27-19(2,3)4/h13H,8-12,20H2,1-5H3. The number of rotatable bonds is 3. The van der Waals surface area contributed by atoms with Gasteiger partial charge in [0.2, 0.25) is 5.95 Å². The molecule has 3 rings (SSSR count). The maximum Gasteiger partial charge on any atom is 0.280 e. The molecule has 1 aliphatic heterocycles. The van der Waals surface area contributed by atoms with Gasteiger partial charge < -0.3 is 10.6 Å². The van der Waals surface area contributed by atoms with Crippen molar-refractivity contribution in [2.24, 2.45) is 12.8 Å². The molecule has 1 saturated heterocycles. The molecule has 0 aliphatic carbocycles. The number of imidazole rings is 1. The molecule has 1 aliphatic rings. The molecule has 1 fully saturated rings. The van der Waals surface area contributed by atoms with Crippen molar-refractivity contribution in [1.29, 1.82) is 0 Å². The minimum atomic E-state index is -0.0929. The summed E-state index contributed by atoms with van der Waals surface area (Å²) in [6.45, 7) is 10.1. The average Bonchev–Trinajstić information content (AvgIpc) is 2.94. The Morgan fingerprint density at radius 1 is 1.33 bits per heavy atom. The molecule has 7 nitrogen and oxygen atoms in total. The fraction of sp³-hybridized carbons (Fsp3) is 0.632. The molecule has 0 saturated carbocycles. The van der Waals surface area contributed by atoms with Gasteiger partial charge in [-0.25, -0.2) is 4.98 Å². The summed E-state index contributed by atoms with van der Waals surface area (Å²) in [6.07, 6.45) is 2.03. The molecule has 0 aromatic carbocycles. The van der Waals surface area contributed by atoms with Crippen LogP contribution in [-0.4, -0.2) is 43.0 Å². The molecular weight excluding hydrogens is 360 g/mol. The maximum atomic E-state index is 13.1. The van der Waals surface area contributed by atoms with E-state index in [1.165, 1.54) is 0 Å². The predicted molar refractivity (Wildman–Crippen MR) is 111 cm³/mol. The number of nitrogens with zero attached hydrogens (tertiary/aromatic N) is 5. The van der Waals surface area contributed by atoms with Gasteiger partial charge in [-0.05, 0) is 19.8 Å². The van der Waals surface area contributed by atoms with E-state index in [0.29, 0.717) is 22.9 Å². The minimum Gasteiger partial charge on any atom is -0.341 e. The van der Waals surface area contributed by atoms with Crippen LogP contribution in [0.4, 0.5) is 5.95 Å². The molecule has 8 heteroatoms. The van der Waals surface area contributed by atoms with Crippen LogP contribution in [-0.2, 0) is 13.6 Å². The first-order chi connectivity index (χ1) is 12.7. The van der Waals surface area contributed by atoms with E-state index >= 15 is 0 Å². The minimum absolute atomic E-state index is 0.0520. The number of anilines is 1. The zero-order chi connectivity index (χ0) is 19.8. The van der Waals surface area contributed by atoms with E-state index in [1.807, 2.05) is 4.57 Å². The van der Waals surface area contributed by atoms with Gasteiger partial charge >= 0.3 is 0 Å². The van der Waals surface area contributed by atoms with Gasteiger partial charge in [0.25, 0.3) is 5.56 Å². The lowest BCUT2D eigenvalue weighted by molar-refractivity contribution is 0.496. The van der Waals surface area contributed by atoms with Crippen molar-refractivity contribution < 1.29 is 0 Å². The monoisotopic (exact) mass is 388 g/mol. The van der Waals surface area contributed by atoms with Crippen LogP contribution in [0.1, 0.15) is 40.5 Å². The number of thioether (sulfide) groups is 1. The Hall–Kier alpha value is -1.98. The van der Waals surface area contributed by atoms with E-state index in [-0.39, 0.29) is 16.3 Å². The quantitative estimate of drug-likeness (QED) is 0.492. The van der Waals surface area contributed by atoms with Crippen LogP contribution < -0.4 is 16.2 Å². The van der Waals surface area contributed by atoms with Gasteiger partial charge in [0, 0.05) is 30.9 Å². The summed E-state index contributed by atoms with van der Waals surface area (Å²) in [7, 11) is 1.77. The molecule has 27 heavy (non-hydrogen) atoms. The van der Waals surface area contributed by atoms with Crippen LogP contribution >= 0.6 is 11.8 Å². The van der Waals surface area contributed by atoms with E-state index in [2.05, 4.69) is 37.5 Å². The first-order valence-electron chi connectivity index (χ1n) is 9.27. The molecule has 0 bridgehead atoms. The summed E-state index contributed by atoms with van der Waals surface area (Å²) in [5.41, 5.74) is 7.06. The molecule has 0 radical (unpaired) electrons. The third-order valence-electron chi connectivity index (χ3n) is 4.48. The molecule has 2 aromatic heterocycles. The van der Waals surface area contributed by atoms with Crippen LogP contribution in [0.15, 0.2) is 9.95 Å². The SMILES string of the molecule is CC#CCn1c(N2CCCC(N)C2)nc2nc(SC(C)(C)C)n(C)c(=O)c21. The van der Waals surface area contributed by atoms with Crippen LogP contribution in [0.5, 0.6) is 0 Å². The van der Waals surface area contributed by atoms with Gasteiger partial charge in [0.15, 0.2) is 16.3 Å². The summed E-state index contributed by atoms with van der Waals surface area (Å²) in [5, 5.41) is 0.674. The Labute approximate surface area is 164 Å². The number of nitrogens with two attached hydrogens (primary N) is 1. The molecule has 146 valence electrons. The fourth-order valence-corrected chi connectivity index (χ4v) is 4.13. The molecule has 1 unspecified atom stereocenters. The normalized spacial score (nSPS) is 17.9. The summed E-state index contributed by atoms with van der Waals surface area (Å²) in [5.74, 6) is 6.72. The zero-order valence-electron chi connectivity index (χ0n) is 16.7. The Bertz CT molecular complexity index is 959. The zero-order valence-corrected chi connectivity index (χ0v) is 17.6. The molecular formula is C19H28N6OS. The van der Waals surface area contributed by atoms with Crippen molar-refractivity contribution in [2.75, 3.05) is 18.0 Å². The fourth-order valence-electron chi connectivity index (χ4n) is 3.24. The first-order valence-corrected chi connectivity index (χ1v) is 10.1. The van der Waals surface area contributed by atoms with Crippen molar-refractivity contribution in [2.45, 2.75) is 63.0 Å². The van der Waals surface area contributed by atoms with Crippen LogP contribution in [0.2, 0.25) is 0 Å². The molecule has 3 heterocycles. The van der Waals surface area contributed by atoms with Gasteiger partial charge in [0.1, 0.15) is 0 Å². The Kier molecular flexibility index (Phi) is 5.54. The predicted octanol–water partition coefficient (Wildman–Crippen LogP) is 1.97. The summed E-state index contributed by atoms with van der Waals surface area (Å²) < 4.78 is 3.45. The van der Waals surface area contributed by atoms with Crippen molar-refractivity contribution in [3.05, 3.63) is 10.4 Å². The van der Waals surface area contributed by atoms with Crippen LogP contribution in [0, 0.1) is 11.8 Å². The van der Waals surface area contributed by atoms with E-state index in [1.54, 1.807) is 30.3 Å². The maximum absolute atomic E-state index is 13.1. The van der Waals surface area contributed by atoms with Gasteiger partial charge in [-0.2, -0.15) is 4.98 Å². The third-order valence-corrected chi connectivity index (χ3v) is 5.64. The van der Waals surface area contributed by atoms with Crippen molar-refractivity contribution in [3.8, 4) is 11.8 Å². The number of fused-ring (bicyclic) bond motifs is 1. The largest absolute Gasteiger partial charge is 0.341 e. The van der Waals surface area contributed by atoms with Gasteiger partial charge in [-0.1, -0.05) is 38.5 Å². The second-order valence-electron chi connectivity index (χ2n) is 7.92. The van der Waals surface area contributed by atoms with Gasteiger partial charge in [-0.3, -0.25) is 13.9 Å². The van der Waals surface area contributed by atoms with E-state index in [9.17, 15) is 4.79 Å². The lowest BCUT2D eigenvalue weighted by Gasteiger charge is -2.31. The van der Waals surface area contributed by atoms with Crippen LogP contribution in [0.25, 0.3) is 11.2 Å². The summed E-state index contributed by atoms with van der Waals surface area (Å²) in [6, 6.07) is 0.118. The van der Waals surface area contributed by atoms with Gasteiger partial charge in [-0.15, -0.1) is 5.92 Å². The lowest BCUT2D eigenvalue weighted by atomic mass is 10.1. The van der Waals surface area contributed by atoms with Crippen molar-refractivity contribution in [1.82, 2.24) is 19.1 Å². The topological polar surface area (TPSA) is 82.0 Å². The molecule has 1 atom stereocenters. The van der Waals surface area contributed by atoms with Crippen LogP contribution in [0.3, 0.4) is 0 Å². The highest BCUT2D eigenvalue weighted by molar-refractivity contribution is 8.00. The Balaban J connectivity index is 2.18. The Morgan fingerprint density at radius 3 is 2.70 bits per heavy atom. The third kappa shape index (κ3) is 4.14. The highest BCUT2D eigenvalue weighted by atomic mass is 32.2. The molecule has 0 amide bonds. The number of aromatic nitrogens is 4. The van der Waals surface area contributed by atoms with E-state index in [0.717, 1.165) is 31.9 Å². The smallest absolute Gasteiger partial charge is 0.280 e. The molecule has 0 spiro atoms. The second-order valence-corrected chi connectivity index (χ2v) is 9.71. The lowest BCUT2D eigenvalue weighted by Crippen LogP contribution is -2.44. The average molecular weight is 389 g/mol. The number of hydrogen-bond donors (Lipinski definition) is 1. The molecule has 2 aromatic rings.